The number of aliphatic hydroxyl groups is 2. The van der Waals surface area contributed by atoms with Gasteiger partial charge in [-0.25, -0.2) is 4.79 Å². The van der Waals surface area contributed by atoms with Crippen LogP contribution in [-0.2, 0) is 14.3 Å². The van der Waals surface area contributed by atoms with Crippen LogP contribution in [0, 0.1) is 51.2 Å². The number of carboxylic acids is 1. The maximum Gasteiger partial charge on any atom is 0.331 e. The van der Waals surface area contributed by atoms with Crippen LogP contribution in [0.1, 0.15) is 111 Å². The van der Waals surface area contributed by atoms with E-state index in [1.165, 1.54) is 6.92 Å². The maximum atomic E-state index is 13.1. The van der Waals surface area contributed by atoms with Gasteiger partial charge >= 0.3 is 11.9 Å². The van der Waals surface area contributed by atoms with Crippen LogP contribution in [0.5, 0.6) is 0 Å². The molecular formula is C38H51NO6. The van der Waals surface area contributed by atoms with Crippen molar-refractivity contribution in [2.75, 3.05) is 0 Å². The van der Waals surface area contributed by atoms with E-state index in [1.54, 1.807) is 6.07 Å². The van der Waals surface area contributed by atoms with E-state index in [0.29, 0.717) is 36.3 Å². The fraction of sp³-hybridized carbons (Fsp3) is 0.658. The lowest BCUT2D eigenvalue weighted by molar-refractivity contribution is -0.234. The summed E-state index contributed by atoms with van der Waals surface area (Å²) in [7, 11) is 0. The predicted molar refractivity (Wildman–Crippen MR) is 173 cm³/mol. The van der Waals surface area contributed by atoms with Crippen molar-refractivity contribution in [3.05, 3.63) is 52.1 Å². The lowest BCUT2D eigenvalue weighted by Crippen LogP contribution is -2.65. The number of carbonyl (C=O) groups excluding carboxylic acids is 1. The molecule has 45 heavy (non-hydrogen) atoms. The average Bonchev–Trinajstić information content (AvgIpc) is 3.24. The molecular weight excluding hydrogens is 566 g/mol. The lowest BCUT2D eigenvalue weighted by Gasteiger charge is -2.69. The molecule has 0 aliphatic heterocycles. The molecule has 0 spiro atoms. The van der Waals surface area contributed by atoms with E-state index < -0.39 is 24.1 Å². The van der Waals surface area contributed by atoms with E-state index in [9.17, 15) is 30.2 Å². The predicted octanol–water partition coefficient (Wildman–Crippen LogP) is 7.07. The summed E-state index contributed by atoms with van der Waals surface area (Å²) < 4.78 is 5.98. The summed E-state index contributed by atoms with van der Waals surface area (Å²) in [4.78, 5) is 25.6. The number of allylic oxidation sites excluding steroid dienone is 2. The smallest absolute Gasteiger partial charge is 0.331 e. The zero-order valence-electron chi connectivity index (χ0n) is 28.0. The van der Waals surface area contributed by atoms with Crippen LogP contribution in [-0.4, -0.2) is 45.6 Å². The van der Waals surface area contributed by atoms with Gasteiger partial charge in [0.15, 0.2) is 0 Å². The molecule has 5 rings (SSSR count). The van der Waals surface area contributed by atoms with Gasteiger partial charge in [-0.15, -0.1) is 0 Å². The van der Waals surface area contributed by atoms with Crippen molar-refractivity contribution < 1.29 is 29.6 Å². The fourth-order valence-corrected chi connectivity index (χ4v) is 11.0. The van der Waals surface area contributed by atoms with Crippen molar-refractivity contribution in [1.29, 1.82) is 5.26 Å². The number of carboxylic acid groups (broad SMARTS) is 1. The highest BCUT2D eigenvalue weighted by molar-refractivity contribution is 5.89. The molecule has 1 aromatic rings. The molecule has 4 aliphatic rings. The molecule has 0 radical (unpaired) electrons. The molecule has 4 saturated carbocycles. The Balaban J connectivity index is 1.58. The number of ether oxygens (including phenoxy) is 1. The third kappa shape index (κ3) is 5.36. The van der Waals surface area contributed by atoms with Crippen LogP contribution in [0.15, 0.2) is 41.0 Å². The van der Waals surface area contributed by atoms with E-state index >= 15 is 0 Å². The number of aliphatic carboxylic acids is 1. The average molecular weight is 618 g/mol. The molecule has 0 aromatic heterocycles. The third-order valence-electron chi connectivity index (χ3n) is 13.2. The first-order chi connectivity index (χ1) is 21.1. The van der Waals surface area contributed by atoms with Gasteiger partial charge in [-0.1, -0.05) is 45.4 Å². The van der Waals surface area contributed by atoms with Gasteiger partial charge in [-0.05, 0) is 134 Å². The summed E-state index contributed by atoms with van der Waals surface area (Å²) in [5, 5.41) is 43.1. The van der Waals surface area contributed by atoms with Crippen LogP contribution >= 0.6 is 0 Å². The first kappa shape index (κ1) is 33.4. The molecule has 0 heterocycles. The number of esters is 1. The number of carbonyl (C=O) groups is 2. The highest BCUT2D eigenvalue weighted by Crippen LogP contribution is 2.74. The second-order valence-electron chi connectivity index (χ2n) is 15.5. The molecule has 10 atom stereocenters. The zero-order valence-corrected chi connectivity index (χ0v) is 28.0. The van der Waals surface area contributed by atoms with Gasteiger partial charge in [0.05, 0.1) is 23.8 Å². The molecule has 4 aliphatic carbocycles. The Hall–Kier alpha value is -2.95. The number of hydrogen-bond acceptors (Lipinski definition) is 6. The topological polar surface area (TPSA) is 128 Å². The number of nitrogens with zero attached hydrogens (tertiary/aromatic N) is 1. The molecule has 0 amide bonds. The summed E-state index contributed by atoms with van der Waals surface area (Å²) in [6, 6.07) is 9.58. The molecule has 1 aromatic carbocycles. The molecule has 4 fully saturated rings. The first-order valence-electron chi connectivity index (χ1n) is 16.8. The normalized spacial score (nSPS) is 39.9. The van der Waals surface area contributed by atoms with Crippen LogP contribution < -0.4 is 0 Å². The minimum Gasteiger partial charge on any atom is -0.478 e. The summed E-state index contributed by atoms with van der Waals surface area (Å²) in [5.74, 6) is -1.22. The SMILES string of the molecule is CC(=O)O[C@H]1C[C@@]2(C)[C@H](C[C@@H](O)[C@@H]3[C@@]4(C)CC[C@@H](O)[C@@H](C)C4CC[C@@]32C)C1=C(CCC(=C(C)C)c1cccc(C#N)c1)C(=O)O. The largest absolute Gasteiger partial charge is 0.478 e. The van der Waals surface area contributed by atoms with E-state index in [2.05, 4.69) is 33.8 Å². The molecule has 0 saturated heterocycles. The summed E-state index contributed by atoms with van der Waals surface area (Å²) in [5.41, 5.74) is 3.58. The minimum absolute atomic E-state index is 0.00440. The monoisotopic (exact) mass is 617 g/mol. The van der Waals surface area contributed by atoms with E-state index in [1.807, 2.05) is 32.0 Å². The number of rotatable bonds is 6. The lowest BCUT2D eigenvalue weighted by atomic mass is 9.36. The third-order valence-corrected chi connectivity index (χ3v) is 13.2. The Bertz CT molecular complexity index is 1470. The van der Waals surface area contributed by atoms with Gasteiger partial charge < -0.3 is 20.1 Å². The van der Waals surface area contributed by atoms with E-state index in [0.717, 1.165) is 42.4 Å². The zero-order chi connectivity index (χ0) is 33.1. The maximum absolute atomic E-state index is 13.1. The Morgan fingerprint density at radius 1 is 1.02 bits per heavy atom. The Morgan fingerprint density at radius 2 is 1.73 bits per heavy atom. The summed E-state index contributed by atoms with van der Waals surface area (Å²) in [6.45, 7) is 14.4. The number of aliphatic hydroxyl groups excluding tert-OH is 2. The fourth-order valence-electron chi connectivity index (χ4n) is 11.0. The Morgan fingerprint density at radius 3 is 2.36 bits per heavy atom. The molecule has 3 N–H and O–H groups in total. The van der Waals surface area contributed by atoms with Crippen molar-refractivity contribution in [2.24, 2.45) is 39.9 Å². The van der Waals surface area contributed by atoms with Crippen molar-refractivity contribution in [3.63, 3.8) is 0 Å². The second kappa shape index (κ2) is 12.0. The molecule has 7 heteroatoms. The van der Waals surface area contributed by atoms with Crippen LogP contribution in [0.4, 0.5) is 0 Å². The molecule has 7 nitrogen and oxygen atoms in total. The number of hydrogen-bond donors (Lipinski definition) is 3. The Kier molecular flexibility index (Phi) is 8.92. The van der Waals surface area contributed by atoms with Gasteiger partial charge in [-0.2, -0.15) is 5.26 Å². The van der Waals surface area contributed by atoms with Gasteiger partial charge in [0.1, 0.15) is 6.10 Å². The van der Waals surface area contributed by atoms with Gasteiger partial charge in [0, 0.05) is 12.5 Å². The van der Waals surface area contributed by atoms with Crippen molar-refractivity contribution in [1.82, 2.24) is 0 Å². The van der Waals surface area contributed by atoms with Gasteiger partial charge in [0.2, 0.25) is 0 Å². The van der Waals surface area contributed by atoms with Crippen molar-refractivity contribution >= 4 is 17.5 Å². The van der Waals surface area contributed by atoms with E-state index in [-0.39, 0.29) is 52.1 Å². The van der Waals surface area contributed by atoms with Gasteiger partial charge in [-0.3, -0.25) is 4.79 Å². The van der Waals surface area contributed by atoms with Crippen LogP contribution in [0.25, 0.3) is 5.57 Å². The summed E-state index contributed by atoms with van der Waals surface area (Å²) >= 11 is 0. The second-order valence-corrected chi connectivity index (χ2v) is 15.5. The number of benzene rings is 1. The molecule has 1 unspecified atom stereocenters. The number of nitriles is 1. The van der Waals surface area contributed by atoms with Gasteiger partial charge in [0.25, 0.3) is 0 Å². The standard InChI is InChI=1S/C38H51NO6/c1-21(2)26(25-10-8-9-24(17-25)20-39)11-12-27(35(43)44)33-29-18-31(42)34-36(5)15-14-30(41)22(3)28(36)13-16-37(34,6)38(29,7)19-32(33)45-23(4)40/h8-10,17,22,28-32,34,41-42H,11-16,18-19H2,1-7H3,(H,43,44)/t22-,28?,29+,30+,31+,32-,34+,36-,37-,38-/m0/s1. The van der Waals surface area contributed by atoms with Crippen LogP contribution in [0.2, 0.25) is 0 Å². The molecule has 244 valence electrons. The minimum atomic E-state index is -1.02. The van der Waals surface area contributed by atoms with E-state index in [4.69, 9.17) is 4.74 Å². The summed E-state index contributed by atoms with van der Waals surface area (Å²) in [6.07, 6.45) is 3.45. The first-order valence-corrected chi connectivity index (χ1v) is 16.8. The molecule has 0 bridgehead atoms. The van der Waals surface area contributed by atoms with Crippen molar-refractivity contribution in [3.8, 4) is 6.07 Å². The van der Waals surface area contributed by atoms with Crippen LogP contribution in [0.3, 0.4) is 0 Å². The highest BCUT2D eigenvalue weighted by atomic mass is 16.5. The quantitative estimate of drug-likeness (QED) is 0.230. The number of fused-ring (bicyclic) bond motifs is 5. The highest BCUT2D eigenvalue weighted by Gasteiger charge is 2.70. The van der Waals surface area contributed by atoms with Crippen molar-refractivity contribution in [2.45, 2.75) is 118 Å². The Labute approximate surface area is 268 Å².